The maximum absolute atomic E-state index is 13.5. The van der Waals surface area contributed by atoms with E-state index >= 15 is 0 Å². The maximum atomic E-state index is 13.5. The molecule has 2 heterocycles. The predicted octanol–water partition coefficient (Wildman–Crippen LogP) is 6.09. The number of hydrogen-bond donors (Lipinski definition) is 0. The summed E-state index contributed by atoms with van der Waals surface area (Å²) in [4.78, 5) is 24.2. The molecule has 2 aliphatic rings. The molecule has 4 rings (SSSR count). The summed E-state index contributed by atoms with van der Waals surface area (Å²) in [6, 6.07) is 12.2. The van der Waals surface area contributed by atoms with E-state index in [4.69, 9.17) is 9.73 Å². The first-order valence-corrected chi connectivity index (χ1v) is 12.1. The Morgan fingerprint density at radius 3 is 2.61 bits per heavy atom. The number of benzene rings is 2. The Morgan fingerprint density at radius 2 is 1.90 bits per heavy atom. The number of amides is 1. The molecule has 0 radical (unpaired) electrons. The molecule has 1 fully saturated rings. The molecular weight excluding hydrogens is 426 g/mol. The fourth-order valence-corrected chi connectivity index (χ4v) is 5.96. The van der Waals surface area contributed by atoms with Crippen molar-refractivity contribution in [2.45, 2.75) is 38.5 Å². The average Bonchev–Trinajstić information content (AvgIpc) is 3.24. The van der Waals surface area contributed by atoms with Crippen LogP contribution in [0.1, 0.15) is 30.9 Å². The lowest BCUT2D eigenvalue weighted by molar-refractivity contribution is -0.122. The summed E-state index contributed by atoms with van der Waals surface area (Å²) in [7, 11) is 3.67. The molecular formula is C24H27N3O2S2. The minimum atomic E-state index is 0.0380. The number of unbranched alkanes of at least 4 members (excludes halogenated alkanes) is 1. The van der Waals surface area contributed by atoms with Gasteiger partial charge < -0.3 is 9.64 Å². The number of methoxy groups -OCH3 is 1. The minimum absolute atomic E-state index is 0.0380. The zero-order valence-corrected chi connectivity index (χ0v) is 20.2. The lowest BCUT2D eigenvalue weighted by atomic mass is 10.1. The molecule has 0 bridgehead atoms. The van der Waals surface area contributed by atoms with E-state index in [0.717, 1.165) is 55.5 Å². The molecule has 5 nitrogen and oxygen atoms in total. The first-order valence-electron chi connectivity index (χ1n) is 10.4. The van der Waals surface area contributed by atoms with E-state index in [1.54, 1.807) is 18.9 Å². The van der Waals surface area contributed by atoms with Gasteiger partial charge >= 0.3 is 0 Å². The van der Waals surface area contributed by atoms with Crippen LogP contribution in [0.2, 0.25) is 0 Å². The number of carbonyl (C=O) groups excluding carboxylic acids is 1. The molecule has 1 amide bonds. The van der Waals surface area contributed by atoms with Gasteiger partial charge in [0.05, 0.1) is 23.5 Å². The average molecular weight is 454 g/mol. The number of ether oxygens (including phenoxy) is 1. The zero-order valence-electron chi connectivity index (χ0n) is 18.6. The van der Waals surface area contributed by atoms with Crippen molar-refractivity contribution in [1.82, 2.24) is 4.90 Å². The summed E-state index contributed by atoms with van der Waals surface area (Å²) in [5.74, 6) is 0.848. The van der Waals surface area contributed by atoms with E-state index in [1.165, 1.54) is 17.3 Å². The fraction of sp³-hybridized carbons (Fsp3) is 0.333. The van der Waals surface area contributed by atoms with E-state index in [1.807, 2.05) is 36.2 Å². The predicted molar refractivity (Wildman–Crippen MR) is 132 cm³/mol. The number of fused-ring (bicyclic) bond motifs is 1. The summed E-state index contributed by atoms with van der Waals surface area (Å²) >= 11 is 3.11. The monoisotopic (exact) mass is 453 g/mol. The number of rotatable bonds is 5. The quantitative estimate of drug-likeness (QED) is 0.513. The highest BCUT2D eigenvalue weighted by molar-refractivity contribution is 8.19. The Morgan fingerprint density at radius 1 is 1.10 bits per heavy atom. The third-order valence-electron chi connectivity index (χ3n) is 5.40. The third-order valence-corrected chi connectivity index (χ3v) is 7.83. The lowest BCUT2D eigenvalue weighted by Gasteiger charge is -2.16. The molecule has 0 spiro atoms. The second-order valence-electron chi connectivity index (χ2n) is 7.73. The second-order valence-corrected chi connectivity index (χ2v) is 9.73. The smallest absolute Gasteiger partial charge is 0.269 e. The van der Waals surface area contributed by atoms with Gasteiger partial charge in [-0.05, 0) is 55.8 Å². The molecule has 0 aliphatic carbocycles. The lowest BCUT2D eigenvalue weighted by Crippen LogP contribution is -2.30. The van der Waals surface area contributed by atoms with E-state index in [0.29, 0.717) is 6.54 Å². The van der Waals surface area contributed by atoms with Gasteiger partial charge in [0.25, 0.3) is 5.91 Å². The fourth-order valence-electron chi connectivity index (χ4n) is 3.62. The van der Waals surface area contributed by atoms with Crippen molar-refractivity contribution in [3.8, 4) is 5.75 Å². The summed E-state index contributed by atoms with van der Waals surface area (Å²) in [6.07, 6.45) is 1.97. The molecule has 0 N–H and O–H groups in total. The van der Waals surface area contributed by atoms with Crippen LogP contribution in [0.15, 0.2) is 56.2 Å². The number of aliphatic imine (C=N–C) groups is 1. The number of thioether (sulfide) groups is 2. The summed E-state index contributed by atoms with van der Waals surface area (Å²) in [6.45, 7) is 6.96. The molecule has 7 heteroatoms. The van der Waals surface area contributed by atoms with Gasteiger partial charge in [-0.15, -0.1) is 0 Å². The van der Waals surface area contributed by atoms with Crippen LogP contribution in [-0.2, 0) is 4.79 Å². The molecule has 2 aromatic carbocycles. The number of hydrogen-bond acceptors (Lipinski definition) is 6. The highest BCUT2D eigenvalue weighted by Gasteiger charge is 2.39. The molecule has 0 saturated carbocycles. The van der Waals surface area contributed by atoms with Crippen molar-refractivity contribution in [3.63, 3.8) is 0 Å². The Kier molecular flexibility index (Phi) is 6.34. The third kappa shape index (κ3) is 4.21. The molecule has 0 unspecified atom stereocenters. The zero-order chi connectivity index (χ0) is 22.1. The van der Waals surface area contributed by atoms with E-state index in [9.17, 15) is 4.79 Å². The van der Waals surface area contributed by atoms with Crippen LogP contribution in [0.5, 0.6) is 5.75 Å². The Labute approximate surface area is 192 Å². The Hall–Kier alpha value is -2.38. The molecule has 0 aromatic heterocycles. The summed E-state index contributed by atoms with van der Waals surface area (Å²) in [5, 5.41) is 1.71. The largest absolute Gasteiger partial charge is 0.497 e. The maximum Gasteiger partial charge on any atom is 0.269 e. The first kappa shape index (κ1) is 21.8. The number of nitrogens with zero attached hydrogens (tertiary/aromatic N) is 3. The van der Waals surface area contributed by atoms with Crippen LogP contribution < -0.4 is 9.64 Å². The highest BCUT2D eigenvalue weighted by atomic mass is 32.2. The number of anilines is 1. The van der Waals surface area contributed by atoms with Crippen molar-refractivity contribution >= 4 is 46.0 Å². The van der Waals surface area contributed by atoms with Gasteiger partial charge in [-0.2, -0.15) is 0 Å². The standard InChI is InChI=1S/C24H27N3O2S2/c1-6-7-12-27-22(28)21(31-24(27)25-18-10-8-15(2)13-16(18)3)23-26(4)19-14-17(29-5)9-11-20(19)30-23/h8-11,13-14H,6-7,12H2,1-5H3. The molecule has 1 saturated heterocycles. The minimum Gasteiger partial charge on any atom is -0.497 e. The normalized spacial score (nSPS) is 19.5. The highest BCUT2D eigenvalue weighted by Crippen LogP contribution is 2.51. The van der Waals surface area contributed by atoms with Gasteiger partial charge in [-0.1, -0.05) is 42.8 Å². The van der Waals surface area contributed by atoms with Crippen molar-refractivity contribution in [1.29, 1.82) is 0 Å². The molecule has 0 atom stereocenters. The van der Waals surface area contributed by atoms with E-state index in [-0.39, 0.29) is 5.91 Å². The van der Waals surface area contributed by atoms with Gasteiger partial charge in [0.2, 0.25) is 0 Å². The van der Waals surface area contributed by atoms with E-state index in [2.05, 4.69) is 37.8 Å². The molecule has 2 aliphatic heterocycles. The molecule has 2 aromatic rings. The van der Waals surface area contributed by atoms with Gasteiger partial charge in [0.15, 0.2) is 5.17 Å². The van der Waals surface area contributed by atoms with Crippen LogP contribution in [-0.4, -0.2) is 36.7 Å². The topological polar surface area (TPSA) is 45.1 Å². The van der Waals surface area contributed by atoms with Crippen LogP contribution >= 0.6 is 23.5 Å². The SMILES string of the molecule is CCCCN1C(=O)C(=C2Sc3ccc(OC)cc3N2C)SC1=Nc1ccc(C)cc1C. The van der Waals surface area contributed by atoms with Crippen LogP contribution in [0, 0.1) is 13.8 Å². The van der Waals surface area contributed by atoms with Crippen molar-refractivity contribution < 1.29 is 9.53 Å². The van der Waals surface area contributed by atoms with Gasteiger partial charge in [0.1, 0.15) is 10.7 Å². The van der Waals surface area contributed by atoms with Crippen LogP contribution in [0.25, 0.3) is 0 Å². The molecule has 162 valence electrons. The number of aryl methyl sites for hydroxylation is 2. The Balaban J connectivity index is 1.73. The van der Waals surface area contributed by atoms with Gasteiger partial charge in [-0.25, -0.2) is 4.99 Å². The first-order chi connectivity index (χ1) is 14.9. The number of carbonyl (C=O) groups is 1. The van der Waals surface area contributed by atoms with Crippen LogP contribution in [0.3, 0.4) is 0 Å². The van der Waals surface area contributed by atoms with Crippen LogP contribution in [0.4, 0.5) is 11.4 Å². The van der Waals surface area contributed by atoms with Gasteiger partial charge in [0, 0.05) is 24.6 Å². The van der Waals surface area contributed by atoms with Crippen molar-refractivity contribution in [2.24, 2.45) is 4.99 Å². The summed E-state index contributed by atoms with van der Waals surface area (Å²) < 4.78 is 5.38. The van der Waals surface area contributed by atoms with Gasteiger partial charge in [-0.3, -0.25) is 9.69 Å². The van der Waals surface area contributed by atoms with Crippen molar-refractivity contribution in [3.05, 3.63) is 57.5 Å². The second kappa shape index (κ2) is 9.01. The number of amidine groups is 1. The van der Waals surface area contributed by atoms with Crippen molar-refractivity contribution in [2.75, 3.05) is 25.6 Å². The molecule has 31 heavy (non-hydrogen) atoms. The summed E-state index contributed by atoms with van der Waals surface area (Å²) in [5.41, 5.74) is 4.29. The van der Waals surface area contributed by atoms with E-state index < -0.39 is 0 Å². The Bertz CT molecular complexity index is 1090.